The number of imidazole rings is 1. The second-order valence-corrected chi connectivity index (χ2v) is 8.06. The molecular weight excluding hydrogens is 328 g/mol. The van der Waals surface area contributed by atoms with Gasteiger partial charge in [0.1, 0.15) is 5.82 Å². The number of hydrogen-bond donors (Lipinski definition) is 2. The monoisotopic (exact) mass is 353 g/mol. The zero-order valence-electron chi connectivity index (χ0n) is 14.4. The van der Waals surface area contributed by atoms with Gasteiger partial charge in [-0.3, -0.25) is 9.69 Å². The lowest BCUT2D eigenvalue weighted by Gasteiger charge is -2.51. The van der Waals surface area contributed by atoms with E-state index in [4.69, 9.17) is 4.98 Å². The van der Waals surface area contributed by atoms with Gasteiger partial charge in [0.2, 0.25) is 5.92 Å². The fourth-order valence-corrected chi connectivity index (χ4v) is 4.94. The Bertz CT molecular complexity index is 642. The van der Waals surface area contributed by atoms with Crippen LogP contribution in [0.4, 0.5) is 8.78 Å². The summed E-state index contributed by atoms with van der Waals surface area (Å²) in [5.41, 5.74) is 1.15. The first-order valence-corrected chi connectivity index (χ1v) is 9.28. The van der Waals surface area contributed by atoms with Gasteiger partial charge in [-0.2, -0.15) is 0 Å². The number of nitrogens with zero attached hydrogens (tertiary/aromatic N) is 2. The number of nitrogens with one attached hydrogen (secondary N) is 1. The molecule has 0 aromatic carbocycles. The number of H-pyrrole nitrogens is 1. The number of fused-ring (bicyclic) bond motifs is 1. The average molecular weight is 353 g/mol. The number of rotatable bonds is 4. The number of likely N-dealkylation sites (tertiary alicyclic amines) is 1. The summed E-state index contributed by atoms with van der Waals surface area (Å²) in [5, 5.41) is 9.58. The zero-order valence-corrected chi connectivity index (χ0v) is 14.4. The minimum atomic E-state index is -2.82. The quantitative estimate of drug-likeness (QED) is 0.873. The number of aliphatic carboxylic acids is 1. The highest BCUT2D eigenvalue weighted by molar-refractivity contribution is 5.77. The SMILES string of the molecule is O=C(O)C1(C2CCCN(Cc3nc4c([nH]3)CCCC4)C2)CC(F)(F)C1. The lowest BCUT2D eigenvalue weighted by Crippen LogP contribution is -2.58. The molecule has 5 nitrogen and oxygen atoms in total. The molecule has 3 aliphatic rings. The largest absolute Gasteiger partial charge is 0.481 e. The molecule has 2 heterocycles. The van der Waals surface area contributed by atoms with Gasteiger partial charge < -0.3 is 10.1 Å². The van der Waals surface area contributed by atoms with Gasteiger partial charge in [0.25, 0.3) is 0 Å². The van der Waals surface area contributed by atoms with Crippen LogP contribution in [0.1, 0.15) is 55.7 Å². The summed E-state index contributed by atoms with van der Waals surface area (Å²) >= 11 is 0. The van der Waals surface area contributed by atoms with E-state index < -0.39 is 30.1 Å². The lowest BCUT2D eigenvalue weighted by atomic mass is 9.57. The first-order chi connectivity index (χ1) is 11.9. The second-order valence-electron chi connectivity index (χ2n) is 8.06. The summed E-state index contributed by atoms with van der Waals surface area (Å²) in [6.07, 6.45) is 4.98. The number of carboxylic acid groups (broad SMARTS) is 1. The van der Waals surface area contributed by atoms with E-state index >= 15 is 0 Å². The molecule has 2 aliphatic carbocycles. The van der Waals surface area contributed by atoms with Crippen molar-refractivity contribution in [1.82, 2.24) is 14.9 Å². The highest BCUT2D eigenvalue weighted by Gasteiger charge is 2.64. The van der Waals surface area contributed by atoms with E-state index in [-0.39, 0.29) is 5.92 Å². The Morgan fingerprint density at radius 3 is 2.72 bits per heavy atom. The van der Waals surface area contributed by atoms with Crippen LogP contribution >= 0.6 is 0 Å². The van der Waals surface area contributed by atoms with Gasteiger partial charge in [-0.25, -0.2) is 13.8 Å². The van der Waals surface area contributed by atoms with Crippen LogP contribution in [0.25, 0.3) is 0 Å². The van der Waals surface area contributed by atoms with Crippen molar-refractivity contribution in [3.63, 3.8) is 0 Å². The number of piperidine rings is 1. The number of aryl methyl sites for hydroxylation is 2. The number of aromatic nitrogens is 2. The van der Waals surface area contributed by atoms with Crippen LogP contribution < -0.4 is 0 Å². The van der Waals surface area contributed by atoms with Gasteiger partial charge in [-0.1, -0.05) is 0 Å². The molecule has 1 saturated carbocycles. The smallest absolute Gasteiger partial charge is 0.310 e. The van der Waals surface area contributed by atoms with Crippen LogP contribution in [-0.4, -0.2) is 45.0 Å². The van der Waals surface area contributed by atoms with Crippen LogP contribution in [0.15, 0.2) is 0 Å². The van der Waals surface area contributed by atoms with E-state index in [2.05, 4.69) is 9.88 Å². The number of carboxylic acids is 1. The van der Waals surface area contributed by atoms with Crippen LogP contribution in [0.3, 0.4) is 0 Å². The predicted octanol–water partition coefficient (Wildman–Crippen LogP) is 3.00. The van der Waals surface area contributed by atoms with Gasteiger partial charge in [0.15, 0.2) is 0 Å². The van der Waals surface area contributed by atoms with Gasteiger partial charge in [-0.05, 0) is 51.0 Å². The predicted molar refractivity (Wildman–Crippen MR) is 87.5 cm³/mol. The van der Waals surface area contributed by atoms with E-state index in [0.29, 0.717) is 19.5 Å². The molecule has 1 aromatic rings. The van der Waals surface area contributed by atoms with Gasteiger partial charge in [0.05, 0.1) is 17.7 Å². The Kier molecular flexibility index (Phi) is 4.09. The van der Waals surface area contributed by atoms with Crippen LogP contribution in [-0.2, 0) is 24.2 Å². The Morgan fingerprint density at radius 2 is 2.04 bits per heavy atom. The average Bonchev–Trinajstić information content (AvgIpc) is 2.94. The molecule has 1 aliphatic heterocycles. The number of alkyl halides is 2. The molecule has 25 heavy (non-hydrogen) atoms. The zero-order chi connectivity index (χ0) is 17.7. The van der Waals surface area contributed by atoms with Crippen molar-refractivity contribution in [3.05, 3.63) is 17.2 Å². The van der Waals surface area contributed by atoms with Gasteiger partial charge >= 0.3 is 5.97 Å². The molecule has 7 heteroatoms. The summed E-state index contributed by atoms with van der Waals surface area (Å²) in [6.45, 7) is 2.08. The molecule has 2 N–H and O–H groups in total. The lowest BCUT2D eigenvalue weighted by molar-refractivity contribution is -0.211. The van der Waals surface area contributed by atoms with Crippen molar-refractivity contribution < 1.29 is 18.7 Å². The van der Waals surface area contributed by atoms with E-state index in [9.17, 15) is 18.7 Å². The third-order valence-electron chi connectivity index (χ3n) is 6.24. The van der Waals surface area contributed by atoms with Gasteiger partial charge in [0, 0.05) is 25.1 Å². The summed E-state index contributed by atoms with van der Waals surface area (Å²) in [5.74, 6) is -3.15. The van der Waals surface area contributed by atoms with Crippen molar-refractivity contribution in [2.24, 2.45) is 11.3 Å². The van der Waals surface area contributed by atoms with E-state index in [1.807, 2.05) is 0 Å². The molecule has 0 spiro atoms. The van der Waals surface area contributed by atoms with Crippen molar-refractivity contribution in [3.8, 4) is 0 Å². The van der Waals surface area contributed by atoms with Crippen molar-refractivity contribution in [1.29, 1.82) is 0 Å². The molecule has 0 amide bonds. The van der Waals surface area contributed by atoms with E-state index in [0.717, 1.165) is 37.3 Å². The maximum absolute atomic E-state index is 13.4. The first-order valence-electron chi connectivity index (χ1n) is 9.28. The Morgan fingerprint density at radius 1 is 1.28 bits per heavy atom. The molecule has 1 unspecified atom stereocenters. The van der Waals surface area contributed by atoms with Crippen molar-refractivity contribution in [2.75, 3.05) is 13.1 Å². The molecule has 1 saturated heterocycles. The molecule has 2 fully saturated rings. The molecule has 0 bridgehead atoms. The van der Waals surface area contributed by atoms with E-state index in [1.165, 1.54) is 18.5 Å². The molecular formula is C18H25F2N3O2. The van der Waals surface area contributed by atoms with E-state index in [1.54, 1.807) is 0 Å². The second kappa shape index (κ2) is 6.04. The summed E-state index contributed by atoms with van der Waals surface area (Å²) in [4.78, 5) is 22.0. The van der Waals surface area contributed by atoms with Crippen LogP contribution in [0.5, 0.6) is 0 Å². The number of hydrogen-bond acceptors (Lipinski definition) is 3. The van der Waals surface area contributed by atoms with Gasteiger partial charge in [-0.15, -0.1) is 0 Å². The van der Waals surface area contributed by atoms with Crippen molar-refractivity contribution >= 4 is 5.97 Å². The maximum Gasteiger partial charge on any atom is 0.310 e. The number of aromatic amines is 1. The molecule has 1 atom stereocenters. The van der Waals surface area contributed by atoms with Crippen molar-refractivity contribution in [2.45, 2.75) is 63.8 Å². The third kappa shape index (κ3) is 3.07. The number of carbonyl (C=O) groups is 1. The fraction of sp³-hybridized carbons (Fsp3) is 0.778. The Balaban J connectivity index is 1.44. The highest BCUT2D eigenvalue weighted by Crippen LogP contribution is 2.58. The first kappa shape index (κ1) is 16.9. The molecule has 138 valence electrons. The molecule has 1 aromatic heterocycles. The maximum atomic E-state index is 13.4. The summed E-state index contributed by atoms with van der Waals surface area (Å²) in [7, 11) is 0. The standard InChI is InChI=1S/C18H25F2N3O2/c19-18(20)10-17(11-18,16(24)25)12-4-3-7-23(8-12)9-15-21-13-5-1-2-6-14(13)22-15/h12H,1-11H2,(H,21,22)(H,24,25). The number of halogens is 2. The molecule has 4 rings (SSSR count). The highest BCUT2D eigenvalue weighted by atomic mass is 19.3. The normalized spacial score (nSPS) is 28.2. The third-order valence-corrected chi connectivity index (χ3v) is 6.24. The topological polar surface area (TPSA) is 69.2 Å². The minimum Gasteiger partial charge on any atom is -0.481 e. The summed E-state index contributed by atoms with van der Waals surface area (Å²) in [6, 6.07) is 0. The minimum absolute atomic E-state index is 0.206. The Hall–Kier alpha value is -1.50. The van der Waals surface area contributed by atoms with Crippen LogP contribution in [0.2, 0.25) is 0 Å². The Labute approximate surface area is 145 Å². The summed E-state index contributed by atoms with van der Waals surface area (Å²) < 4.78 is 26.9. The van der Waals surface area contributed by atoms with Crippen LogP contribution in [0, 0.1) is 11.3 Å². The fourth-order valence-electron chi connectivity index (χ4n) is 4.94. The molecule has 0 radical (unpaired) electrons.